The predicted octanol–water partition coefficient (Wildman–Crippen LogP) is 3.72. The van der Waals surface area contributed by atoms with Gasteiger partial charge in [-0.3, -0.25) is 0 Å². The molecule has 1 aromatic rings. The van der Waals surface area contributed by atoms with Crippen molar-refractivity contribution in [2.24, 2.45) is 0 Å². The van der Waals surface area contributed by atoms with E-state index in [-0.39, 0.29) is 5.60 Å². The molecule has 1 N–H and O–H groups in total. The molecule has 2 nitrogen and oxygen atoms in total. The van der Waals surface area contributed by atoms with Crippen molar-refractivity contribution in [1.82, 2.24) is 5.32 Å². The average Bonchev–Trinajstić information content (AvgIpc) is 2.38. The van der Waals surface area contributed by atoms with Gasteiger partial charge < -0.3 is 10.1 Å². The van der Waals surface area contributed by atoms with Gasteiger partial charge in [-0.25, -0.2) is 0 Å². The van der Waals surface area contributed by atoms with Crippen LogP contribution >= 0.6 is 0 Å². The Hall–Kier alpha value is -0.860. The van der Waals surface area contributed by atoms with Crippen molar-refractivity contribution in [3.8, 4) is 0 Å². The number of ether oxygens (including phenoxy) is 1. The van der Waals surface area contributed by atoms with Crippen molar-refractivity contribution in [2.75, 3.05) is 13.7 Å². The van der Waals surface area contributed by atoms with Gasteiger partial charge in [0, 0.05) is 13.2 Å². The zero-order chi connectivity index (χ0) is 14.3. The Morgan fingerprint density at radius 1 is 1.21 bits per heavy atom. The number of hydrogen-bond acceptors (Lipinski definition) is 2. The molecule has 0 heterocycles. The molecular formula is C17H29NO. The van der Waals surface area contributed by atoms with Crippen LogP contribution in [-0.2, 0) is 11.2 Å². The van der Waals surface area contributed by atoms with Crippen LogP contribution in [0.15, 0.2) is 24.3 Å². The summed E-state index contributed by atoms with van der Waals surface area (Å²) in [4.78, 5) is 0. The van der Waals surface area contributed by atoms with Gasteiger partial charge in [-0.15, -0.1) is 0 Å². The number of benzene rings is 1. The molecule has 0 aliphatic rings. The summed E-state index contributed by atoms with van der Waals surface area (Å²) in [7, 11) is 1.79. The molecule has 0 aromatic heterocycles. The first-order chi connectivity index (χ1) is 8.96. The van der Waals surface area contributed by atoms with Crippen LogP contribution in [-0.4, -0.2) is 25.3 Å². The van der Waals surface area contributed by atoms with Crippen molar-refractivity contribution in [2.45, 2.75) is 58.6 Å². The average molecular weight is 263 g/mol. The molecule has 0 fully saturated rings. The third kappa shape index (κ3) is 6.22. The molecule has 0 aliphatic carbocycles. The van der Waals surface area contributed by atoms with Gasteiger partial charge >= 0.3 is 0 Å². The first-order valence-electron chi connectivity index (χ1n) is 7.31. The Kier molecular flexibility index (Phi) is 6.53. The van der Waals surface area contributed by atoms with Gasteiger partial charge in [0.2, 0.25) is 0 Å². The molecular weight excluding hydrogens is 234 g/mol. The summed E-state index contributed by atoms with van der Waals surface area (Å²) in [5.41, 5.74) is 2.64. The van der Waals surface area contributed by atoms with Crippen LogP contribution in [0, 0.1) is 6.92 Å². The SMILES string of the molecule is CCCNC(Cc1ccc(C)cc1)CC(C)(C)OC. The highest BCUT2D eigenvalue weighted by atomic mass is 16.5. The fourth-order valence-corrected chi connectivity index (χ4v) is 2.25. The molecule has 0 spiro atoms. The number of methoxy groups -OCH3 is 1. The zero-order valence-electron chi connectivity index (χ0n) is 13.1. The van der Waals surface area contributed by atoms with Gasteiger partial charge in [-0.05, 0) is 52.1 Å². The van der Waals surface area contributed by atoms with E-state index in [0.29, 0.717) is 6.04 Å². The Morgan fingerprint density at radius 3 is 2.37 bits per heavy atom. The van der Waals surface area contributed by atoms with Crippen molar-refractivity contribution in [1.29, 1.82) is 0 Å². The first kappa shape index (κ1) is 16.2. The predicted molar refractivity (Wildman–Crippen MR) is 82.7 cm³/mol. The molecule has 0 radical (unpaired) electrons. The highest BCUT2D eigenvalue weighted by molar-refractivity contribution is 5.22. The molecule has 1 aromatic carbocycles. The Labute approximate surface area is 118 Å². The smallest absolute Gasteiger partial charge is 0.0637 e. The minimum atomic E-state index is -0.0733. The Morgan fingerprint density at radius 2 is 1.84 bits per heavy atom. The normalized spacial score (nSPS) is 13.5. The van der Waals surface area contributed by atoms with E-state index in [4.69, 9.17) is 4.74 Å². The van der Waals surface area contributed by atoms with Crippen LogP contribution in [0.2, 0.25) is 0 Å². The van der Waals surface area contributed by atoms with E-state index in [9.17, 15) is 0 Å². The standard InChI is InChI=1S/C17H29NO/c1-6-11-18-16(13-17(3,4)19-5)12-15-9-7-14(2)8-10-15/h7-10,16,18H,6,11-13H2,1-5H3. The van der Waals surface area contributed by atoms with Gasteiger partial charge in [0.05, 0.1) is 5.60 Å². The number of hydrogen-bond donors (Lipinski definition) is 1. The summed E-state index contributed by atoms with van der Waals surface area (Å²) in [6.45, 7) is 9.71. The number of nitrogens with one attached hydrogen (secondary N) is 1. The van der Waals surface area contributed by atoms with Gasteiger partial charge in [0.1, 0.15) is 0 Å². The minimum absolute atomic E-state index is 0.0733. The minimum Gasteiger partial charge on any atom is -0.379 e. The lowest BCUT2D eigenvalue weighted by Gasteiger charge is -2.29. The fraction of sp³-hybridized carbons (Fsp3) is 0.647. The van der Waals surface area contributed by atoms with Crippen LogP contribution in [0.5, 0.6) is 0 Å². The molecule has 0 saturated carbocycles. The topological polar surface area (TPSA) is 21.3 Å². The van der Waals surface area contributed by atoms with E-state index in [2.05, 4.69) is 57.3 Å². The molecule has 0 bridgehead atoms. The van der Waals surface area contributed by atoms with E-state index in [1.165, 1.54) is 11.1 Å². The zero-order valence-corrected chi connectivity index (χ0v) is 13.1. The van der Waals surface area contributed by atoms with E-state index in [1.54, 1.807) is 7.11 Å². The summed E-state index contributed by atoms with van der Waals surface area (Å²) in [5.74, 6) is 0. The van der Waals surface area contributed by atoms with E-state index in [0.717, 1.165) is 25.8 Å². The number of aryl methyl sites for hydroxylation is 1. The van der Waals surface area contributed by atoms with E-state index >= 15 is 0 Å². The summed E-state index contributed by atoms with van der Waals surface area (Å²) in [6, 6.07) is 9.31. The molecule has 0 saturated heterocycles. The van der Waals surface area contributed by atoms with Crippen LogP contribution < -0.4 is 5.32 Å². The molecule has 108 valence electrons. The summed E-state index contributed by atoms with van der Waals surface area (Å²) in [5, 5.41) is 3.64. The highest BCUT2D eigenvalue weighted by Crippen LogP contribution is 2.18. The summed E-state index contributed by atoms with van der Waals surface area (Å²) >= 11 is 0. The van der Waals surface area contributed by atoms with Crippen molar-refractivity contribution in [3.05, 3.63) is 35.4 Å². The monoisotopic (exact) mass is 263 g/mol. The largest absolute Gasteiger partial charge is 0.379 e. The first-order valence-corrected chi connectivity index (χ1v) is 7.31. The second kappa shape index (κ2) is 7.66. The summed E-state index contributed by atoms with van der Waals surface area (Å²) in [6.07, 6.45) is 3.25. The maximum absolute atomic E-state index is 5.56. The Bertz CT molecular complexity index is 356. The molecule has 1 atom stereocenters. The van der Waals surface area contributed by atoms with Crippen molar-refractivity contribution in [3.63, 3.8) is 0 Å². The lowest BCUT2D eigenvalue weighted by atomic mass is 9.93. The molecule has 2 heteroatoms. The number of rotatable bonds is 8. The quantitative estimate of drug-likeness (QED) is 0.772. The maximum atomic E-state index is 5.56. The van der Waals surface area contributed by atoms with Gasteiger partial charge in [0.25, 0.3) is 0 Å². The Balaban J connectivity index is 2.65. The van der Waals surface area contributed by atoms with Crippen LogP contribution in [0.3, 0.4) is 0 Å². The van der Waals surface area contributed by atoms with E-state index < -0.39 is 0 Å². The van der Waals surface area contributed by atoms with Crippen LogP contribution in [0.4, 0.5) is 0 Å². The molecule has 1 unspecified atom stereocenters. The fourth-order valence-electron chi connectivity index (χ4n) is 2.25. The summed E-state index contributed by atoms with van der Waals surface area (Å²) < 4.78 is 5.56. The second-order valence-electron chi connectivity index (χ2n) is 6.01. The van der Waals surface area contributed by atoms with Gasteiger partial charge in [-0.1, -0.05) is 36.8 Å². The van der Waals surface area contributed by atoms with E-state index in [1.807, 2.05) is 0 Å². The maximum Gasteiger partial charge on any atom is 0.0637 e. The highest BCUT2D eigenvalue weighted by Gasteiger charge is 2.22. The van der Waals surface area contributed by atoms with Crippen molar-refractivity contribution >= 4 is 0 Å². The van der Waals surface area contributed by atoms with Crippen molar-refractivity contribution < 1.29 is 4.74 Å². The third-order valence-electron chi connectivity index (χ3n) is 3.58. The van der Waals surface area contributed by atoms with Crippen LogP contribution in [0.1, 0.15) is 44.7 Å². The van der Waals surface area contributed by atoms with Gasteiger partial charge in [0.15, 0.2) is 0 Å². The van der Waals surface area contributed by atoms with Gasteiger partial charge in [-0.2, -0.15) is 0 Å². The molecule has 0 amide bonds. The lowest BCUT2D eigenvalue weighted by molar-refractivity contribution is 0.00714. The molecule has 1 rings (SSSR count). The second-order valence-corrected chi connectivity index (χ2v) is 6.01. The molecule has 0 aliphatic heterocycles. The van der Waals surface area contributed by atoms with Crippen LogP contribution in [0.25, 0.3) is 0 Å². The lowest BCUT2D eigenvalue weighted by Crippen LogP contribution is -2.39. The third-order valence-corrected chi connectivity index (χ3v) is 3.58. The molecule has 19 heavy (non-hydrogen) atoms.